The second-order valence-corrected chi connectivity index (χ2v) is 64.5. The van der Waals surface area contributed by atoms with Gasteiger partial charge in [-0.05, 0) is 0 Å². The summed E-state index contributed by atoms with van der Waals surface area (Å²) in [6, 6.07) is 33.5. The Morgan fingerprint density at radius 2 is 1.14 bits per heavy atom. The molecule has 4 bridgehead atoms. The molecule has 0 aromatic heterocycles. The zero-order chi connectivity index (χ0) is 40.4. The van der Waals surface area contributed by atoms with Crippen LogP contribution in [0.5, 0.6) is 0 Å². The SMILES string of the molecule is CC1=Cc2c(-c3ccc(C45CC6CC(CC(C6)C4)C5)cc3)cccc2[CH]1[Zr]([Cl])([Cl])([CH]1C(C2CCC(C)CC2)=Cc2c(-c3ccc(C(C)(C)C)cc3)cccc21)[SiH](C)C. The molecule has 2 unspecified atom stereocenters. The standard InChI is InChI=1S/C26H27.C26H31.C2H7Si.2ClH.Zr/c1-17-9-22-3-2-4-24(25(22)10-17)21-5-7-23(8-6-21)26-14-18-11-19(15-26)13-20(12-18)16-26;1-18-8-10-19(11-9-18)22-16-21-6-5-7-24(25(21)17-22)20-12-14-23(15-13-20)26(2,3)4;1-3-2;;;/h2-10,18-20H,11-16H2,1H3;5-7,12-19H,8-11H2,1-4H3;3H,1-2H3;2*1H;/q;;;;;+2/p-2. The first kappa shape index (κ1) is 40.1. The van der Waals surface area contributed by atoms with E-state index in [0.717, 1.165) is 23.7 Å². The molecule has 7 aliphatic rings. The van der Waals surface area contributed by atoms with Gasteiger partial charge in [0.2, 0.25) is 0 Å². The van der Waals surface area contributed by atoms with Crippen LogP contribution in [0.15, 0.2) is 96.1 Å². The Labute approximate surface area is 359 Å². The first-order valence-corrected chi connectivity index (χ1v) is 39.4. The van der Waals surface area contributed by atoms with Gasteiger partial charge in [0, 0.05) is 0 Å². The van der Waals surface area contributed by atoms with Gasteiger partial charge >= 0.3 is 362 Å². The number of fused-ring (bicyclic) bond motifs is 2. The van der Waals surface area contributed by atoms with Gasteiger partial charge in [0.1, 0.15) is 0 Å². The summed E-state index contributed by atoms with van der Waals surface area (Å²) in [6.07, 6.45) is 18.9. The molecule has 0 heterocycles. The molecular formula is C54H65Cl2SiZr. The van der Waals surface area contributed by atoms with Crippen molar-refractivity contribution in [1.82, 2.24) is 0 Å². The van der Waals surface area contributed by atoms with Crippen LogP contribution in [0, 0.1) is 29.6 Å². The van der Waals surface area contributed by atoms with Crippen molar-refractivity contribution in [3.8, 4) is 22.3 Å². The first-order valence-electron chi connectivity index (χ1n) is 23.1. The molecule has 7 aliphatic carbocycles. The summed E-state index contributed by atoms with van der Waals surface area (Å²) in [5.41, 5.74) is 17.4. The van der Waals surface area contributed by atoms with Crippen LogP contribution in [-0.4, -0.2) is 5.92 Å². The van der Waals surface area contributed by atoms with Crippen molar-refractivity contribution in [2.24, 2.45) is 29.6 Å². The van der Waals surface area contributed by atoms with Gasteiger partial charge < -0.3 is 0 Å². The van der Waals surface area contributed by atoms with Crippen LogP contribution >= 0.6 is 17.0 Å². The van der Waals surface area contributed by atoms with E-state index >= 15 is 0 Å². The van der Waals surface area contributed by atoms with E-state index in [1.807, 2.05) is 0 Å². The predicted octanol–water partition coefficient (Wildman–Crippen LogP) is 16.2. The first-order chi connectivity index (χ1) is 27.6. The zero-order valence-corrected chi connectivity index (χ0v) is 41.3. The summed E-state index contributed by atoms with van der Waals surface area (Å²) in [4.78, 5) is 0. The van der Waals surface area contributed by atoms with Gasteiger partial charge in [0.05, 0.1) is 0 Å². The molecule has 0 radical (unpaired) electrons. The van der Waals surface area contributed by atoms with Crippen molar-refractivity contribution in [3.63, 3.8) is 0 Å². The van der Waals surface area contributed by atoms with Crippen molar-refractivity contribution >= 4 is 35.1 Å². The summed E-state index contributed by atoms with van der Waals surface area (Å²) < 4.78 is 0.232. The van der Waals surface area contributed by atoms with E-state index in [9.17, 15) is 0 Å². The molecular weight excluding hydrogens is 839 g/mol. The quantitative estimate of drug-likeness (QED) is 0.162. The van der Waals surface area contributed by atoms with Crippen LogP contribution < -0.4 is 0 Å². The van der Waals surface area contributed by atoms with Crippen molar-refractivity contribution in [1.29, 1.82) is 0 Å². The summed E-state index contributed by atoms with van der Waals surface area (Å²) >= 11 is -4.92. The van der Waals surface area contributed by atoms with Crippen LogP contribution in [0.4, 0.5) is 0 Å². The van der Waals surface area contributed by atoms with E-state index in [1.165, 1.54) is 120 Å². The predicted molar refractivity (Wildman–Crippen MR) is 251 cm³/mol. The van der Waals surface area contributed by atoms with Crippen LogP contribution in [-0.2, 0) is 26.4 Å². The van der Waals surface area contributed by atoms with E-state index in [-0.39, 0.29) is 12.7 Å². The maximum atomic E-state index is 8.93. The van der Waals surface area contributed by atoms with E-state index < -0.39 is 21.5 Å². The van der Waals surface area contributed by atoms with E-state index in [4.69, 9.17) is 17.0 Å². The zero-order valence-electron chi connectivity index (χ0n) is 36.2. The Morgan fingerprint density at radius 1 is 0.638 bits per heavy atom. The number of halogens is 2. The normalized spacial score (nSPS) is 30.8. The minimum absolute atomic E-state index is 0.106. The van der Waals surface area contributed by atoms with Crippen LogP contribution in [0.2, 0.25) is 13.1 Å². The van der Waals surface area contributed by atoms with Gasteiger partial charge in [-0.25, -0.2) is 0 Å². The Bertz CT molecular complexity index is 2280. The van der Waals surface area contributed by atoms with Crippen LogP contribution in [0.25, 0.3) is 34.4 Å². The molecule has 0 saturated heterocycles. The number of hydrogen-bond donors (Lipinski definition) is 0. The molecule has 4 heteroatoms. The summed E-state index contributed by atoms with van der Waals surface area (Å²) in [7, 11) is 17.9. The fourth-order valence-corrected chi connectivity index (χ4v) is 46.2. The second kappa shape index (κ2) is 14.3. The van der Waals surface area contributed by atoms with Gasteiger partial charge in [-0.3, -0.25) is 0 Å². The molecule has 0 spiro atoms. The Hall–Kier alpha value is -1.96. The van der Waals surface area contributed by atoms with Crippen molar-refractivity contribution in [2.45, 2.75) is 130 Å². The third-order valence-electron chi connectivity index (χ3n) is 17.0. The molecule has 0 aliphatic heterocycles. The van der Waals surface area contributed by atoms with E-state index in [0.29, 0.717) is 11.3 Å². The Kier molecular flexibility index (Phi) is 9.89. The Morgan fingerprint density at radius 3 is 1.66 bits per heavy atom. The molecule has 11 rings (SSSR count). The van der Waals surface area contributed by atoms with Crippen molar-refractivity contribution < 1.29 is 15.6 Å². The monoisotopic (exact) mass is 901 g/mol. The van der Waals surface area contributed by atoms with Gasteiger partial charge in [-0.1, -0.05) is 0 Å². The van der Waals surface area contributed by atoms with Crippen molar-refractivity contribution in [2.75, 3.05) is 0 Å². The molecule has 4 aromatic rings. The van der Waals surface area contributed by atoms with Crippen LogP contribution in [0.3, 0.4) is 0 Å². The maximum absolute atomic E-state index is 8.93. The second-order valence-electron chi connectivity index (χ2n) is 22.0. The van der Waals surface area contributed by atoms with Gasteiger partial charge in [-0.2, -0.15) is 0 Å². The number of hydrogen-bond acceptors (Lipinski definition) is 0. The fraction of sp³-hybridized carbons (Fsp3) is 0.481. The fourth-order valence-electron chi connectivity index (χ4n) is 14.2. The number of allylic oxidation sites excluding steroid dienone is 2. The molecule has 2 atom stereocenters. The third kappa shape index (κ3) is 6.32. The number of benzene rings is 4. The number of rotatable bonds is 7. The Balaban J connectivity index is 1.07. The topological polar surface area (TPSA) is 0 Å². The van der Waals surface area contributed by atoms with Crippen molar-refractivity contribution in [3.05, 3.63) is 129 Å². The average molecular weight is 904 g/mol. The molecule has 0 amide bonds. The van der Waals surface area contributed by atoms with Gasteiger partial charge in [0.15, 0.2) is 0 Å². The molecule has 0 nitrogen and oxygen atoms in total. The molecule has 303 valence electrons. The molecule has 4 aromatic carbocycles. The summed E-state index contributed by atoms with van der Waals surface area (Å²) in [6.45, 7) is 16.7. The molecule has 0 N–H and O–H groups in total. The summed E-state index contributed by atoms with van der Waals surface area (Å²) in [5.74, 6) is 2.53. The van der Waals surface area contributed by atoms with E-state index in [1.54, 1.807) is 11.1 Å². The van der Waals surface area contributed by atoms with E-state index in [2.05, 4.69) is 145 Å². The third-order valence-corrected chi connectivity index (χ3v) is 68.9. The minimum atomic E-state index is -4.92. The molecule has 5 fully saturated rings. The van der Waals surface area contributed by atoms with Gasteiger partial charge in [-0.15, -0.1) is 0 Å². The molecule has 5 saturated carbocycles. The molecule has 58 heavy (non-hydrogen) atoms. The summed E-state index contributed by atoms with van der Waals surface area (Å²) in [5, 5.41) is 0. The van der Waals surface area contributed by atoms with Gasteiger partial charge in [0.25, 0.3) is 0 Å². The average Bonchev–Trinajstić information content (AvgIpc) is 3.76. The van der Waals surface area contributed by atoms with Crippen LogP contribution in [0.1, 0.15) is 139 Å².